The van der Waals surface area contributed by atoms with Crippen LogP contribution in [0.25, 0.3) is 0 Å². The molecule has 0 spiro atoms. The predicted molar refractivity (Wildman–Crippen MR) is 80.0 cm³/mol. The molecule has 9 nitrogen and oxygen atoms in total. The van der Waals surface area contributed by atoms with Crippen molar-refractivity contribution in [2.24, 2.45) is 10.8 Å². The number of ether oxygens (including phenoxy) is 1. The van der Waals surface area contributed by atoms with Gasteiger partial charge in [0.05, 0.1) is 24.7 Å². The summed E-state index contributed by atoms with van der Waals surface area (Å²) in [5, 5.41) is 19.5. The maximum Gasteiger partial charge on any atom is 0.229 e. The van der Waals surface area contributed by atoms with Crippen LogP contribution in [0.15, 0.2) is 23.3 Å². The monoisotopic (exact) mass is 310 g/mol. The quantitative estimate of drug-likeness (QED) is 0.336. The van der Waals surface area contributed by atoms with E-state index in [0.717, 1.165) is 6.26 Å². The fraction of sp³-hybridized carbons (Fsp3) is 0.182. The second kappa shape index (κ2) is 6.58. The second-order valence-corrected chi connectivity index (χ2v) is 5.63. The Morgan fingerprint density at radius 1 is 1.48 bits per heavy atom. The fourth-order valence-corrected chi connectivity index (χ4v) is 1.87. The van der Waals surface area contributed by atoms with Gasteiger partial charge in [-0.1, -0.05) is 0 Å². The van der Waals surface area contributed by atoms with Gasteiger partial charge in [0.15, 0.2) is 5.84 Å². The highest BCUT2D eigenvalue weighted by atomic mass is 32.2. The lowest BCUT2D eigenvalue weighted by atomic mass is 10.2. The van der Waals surface area contributed by atoms with E-state index in [0.29, 0.717) is 5.75 Å². The molecule has 21 heavy (non-hydrogen) atoms. The van der Waals surface area contributed by atoms with Gasteiger partial charge in [-0.15, -0.1) is 0 Å². The van der Waals surface area contributed by atoms with Crippen LogP contribution in [0.5, 0.6) is 5.75 Å². The van der Waals surface area contributed by atoms with Crippen LogP contribution in [0.1, 0.15) is 0 Å². The van der Waals surface area contributed by atoms with Crippen LogP contribution in [-0.2, 0) is 10.0 Å². The predicted octanol–water partition coefficient (Wildman–Crippen LogP) is 0.294. The van der Waals surface area contributed by atoms with E-state index in [9.17, 15) is 8.42 Å². The minimum absolute atomic E-state index is 0.211. The highest BCUT2D eigenvalue weighted by molar-refractivity contribution is 7.92. The summed E-state index contributed by atoms with van der Waals surface area (Å²) in [6.45, 7) is 0. The van der Waals surface area contributed by atoms with Crippen molar-refractivity contribution < 1.29 is 13.2 Å². The van der Waals surface area contributed by atoms with Crippen molar-refractivity contribution in [2.45, 2.75) is 0 Å². The molecule has 0 heterocycles. The number of benzene rings is 1. The van der Waals surface area contributed by atoms with Gasteiger partial charge in [-0.2, -0.15) is 10.4 Å². The topological polar surface area (TPSA) is 153 Å². The van der Waals surface area contributed by atoms with E-state index in [2.05, 4.69) is 15.2 Å². The Morgan fingerprint density at radius 3 is 2.62 bits per heavy atom. The maximum atomic E-state index is 11.3. The zero-order valence-electron chi connectivity index (χ0n) is 11.3. The molecular weight excluding hydrogens is 296 g/mol. The molecule has 0 saturated heterocycles. The number of nitrogens with one attached hydrogen (secondary N) is 3. The summed E-state index contributed by atoms with van der Waals surface area (Å²) in [5.74, 6) is -0.0568. The van der Waals surface area contributed by atoms with E-state index in [1.807, 2.05) is 0 Å². The van der Waals surface area contributed by atoms with Gasteiger partial charge in [0, 0.05) is 6.07 Å². The minimum Gasteiger partial charge on any atom is -0.497 e. The van der Waals surface area contributed by atoms with E-state index >= 15 is 0 Å². The summed E-state index contributed by atoms with van der Waals surface area (Å²) in [6, 6.07) is 6.14. The number of methoxy groups -OCH3 is 1. The first-order chi connectivity index (χ1) is 9.76. The van der Waals surface area contributed by atoms with Crippen LogP contribution in [0.4, 0.5) is 11.4 Å². The number of rotatable bonds is 6. The van der Waals surface area contributed by atoms with Gasteiger partial charge < -0.3 is 10.5 Å². The van der Waals surface area contributed by atoms with Crippen LogP contribution in [-0.4, -0.2) is 33.3 Å². The Morgan fingerprint density at radius 2 is 2.14 bits per heavy atom. The number of hydrogen-bond donors (Lipinski definition) is 4. The molecule has 0 aliphatic carbocycles. The lowest BCUT2D eigenvalue weighted by Crippen LogP contribution is -2.22. The van der Waals surface area contributed by atoms with Crippen LogP contribution in [0, 0.1) is 16.7 Å². The molecule has 0 aliphatic rings. The molecule has 0 fully saturated rings. The Hall–Kier alpha value is -2.80. The molecule has 5 N–H and O–H groups in total. The smallest absolute Gasteiger partial charge is 0.229 e. The van der Waals surface area contributed by atoms with Crippen molar-refractivity contribution in [2.75, 3.05) is 23.5 Å². The average Bonchev–Trinajstić information content (AvgIpc) is 2.39. The summed E-state index contributed by atoms with van der Waals surface area (Å²) in [4.78, 5) is 0. The van der Waals surface area contributed by atoms with Crippen molar-refractivity contribution in [1.29, 1.82) is 10.7 Å². The van der Waals surface area contributed by atoms with E-state index in [-0.39, 0.29) is 17.1 Å². The van der Waals surface area contributed by atoms with Crippen molar-refractivity contribution in [3.8, 4) is 11.8 Å². The van der Waals surface area contributed by atoms with Crippen molar-refractivity contribution >= 4 is 32.9 Å². The maximum absolute atomic E-state index is 11.3. The summed E-state index contributed by atoms with van der Waals surface area (Å²) < 4.78 is 29.9. The molecule has 0 unspecified atom stereocenters. The first-order valence-corrected chi connectivity index (χ1v) is 7.40. The number of amidine groups is 1. The van der Waals surface area contributed by atoms with Crippen LogP contribution < -0.4 is 20.6 Å². The average molecular weight is 310 g/mol. The van der Waals surface area contributed by atoms with Gasteiger partial charge in [-0.3, -0.25) is 15.6 Å². The Labute approximate surface area is 122 Å². The zero-order valence-corrected chi connectivity index (χ0v) is 12.2. The number of nitrogens with two attached hydrogens (primary N) is 1. The summed E-state index contributed by atoms with van der Waals surface area (Å²) in [6.07, 6.45) is 1.00. The van der Waals surface area contributed by atoms with Gasteiger partial charge in [-0.05, 0) is 12.1 Å². The molecule has 10 heteroatoms. The SMILES string of the molecule is COc1ccc(NS(C)(=O)=O)c(N/N=C(\C#N)C(=N)N)c1. The van der Waals surface area contributed by atoms with Crippen molar-refractivity contribution in [1.82, 2.24) is 0 Å². The van der Waals surface area contributed by atoms with Crippen LogP contribution >= 0.6 is 0 Å². The molecule has 0 bridgehead atoms. The molecule has 112 valence electrons. The van der Waals surface area contributed by atoms with E-state index in [1.165, 1.54) is 19.2 Å². The Balaban J connectivity index is 3.19. The number of sulfonamides is 1. The molecule has 1 aromatic carbocycles. The molecule has 0 aliphatic heterocycles. The standard InChI is InChI=1S/C11H14N6O3S/c1-20-7-3-4-8(17-21(2,18)19)9(5-7)15-16-10(6-12)11(13)14/h3-5,15,17H,1-2H3,(H3,13,14)/b16-10+. The lowest BCUT2D eigenvalue weighted by Gasteiger charge is -2.11. The van der Waals surface area contributed by atoms with E-state index in [1.54, 1.807) is 12.1 Å². The van der Waals surface area contributed by atoms with E-state index < -0.39 is 15.9 Å². The second-order valence-electron chi connectivity index (χ2n) is 3.88. The number of hydrazone groups is 1. The van der Waals surface area contributed by atoms with Crippen LogP contribution in [0.3, 0.4) is 0 Å². The third kappa shape index (κ3) is 5.00. The number of nitriles is 1. The Kier molecular flexibility index (Phi) is 5.09. The molecule has 1 rings (SSSR count). The number of anilines is 2. The van der Waals surface area contributed by atoms with E-state index in [4.69, 9.17) is 21.1 Å². The highest BCUT2D eigenvalue weighted by Crippen LogP contribution is 2.27. The summed E-state index contributed by atoms with van der Waals surface area (Å²) >= 11 is 0. The van der Waals surface area contributed by atoms with Crippen LogP contribution in [0.2, 0.25) is 0 Å². The molecular formula is C11H14N6O3S. The first kappa shape index (κ1) is 16.3. The number of hydrogen-bond acceptors (Lipinski definition) is 7. The Bertz CT molecular complexity index is 720. The minimum atomic E-state index is -3.49. The zero-order chi connectivity index (χ0) is 16.0. The summed E-state index contributed by atoms with van der Waals surface area (Å²) in [7, 11) is -2.04. The van der Waals surface area contributed by atoms with Gasteiger partial charge in [0.25, 0.3) is 0 Å². The molecule has 0 atom stereocenters. The number of nitrogens with zero attached hydrogens (tertiary/aromatic N) is 2. The third-order valence-corrected chi connectivity index (χ3v) is 2.76. The molecule has 0 radical (unpaired) electrons. The van der Waals surface area contributed by atoms with Gasteiger partial charge in [0.2, 0.25) is 15.7 Å². The lowest BCUT2D eigenvalue weighted by molar-refractivity contribution is 0.415. The fourth-order valence-electron chi connectivity index (χ4n) is 1.29. The summed E-state index contributed by atoms with van der Waals surface area (Å²) in [5.41, 5.74) is 7.77. The van der Waals surface area contributed by atoms with Gasteiger partial charge in [-0.25, -0.2) is 8.42 Å². The normalized spacial score (nSPS) is 11.4. The van der Waals surface area contributed by atoms with Crippen molar-refractivity contribution in [3.05, 3.63) is 18.2 Å². The van der Waals surface area contributed by atoms with Gasteiger partial charge >= 0.3 is 0 Å². The highest BCUT2D eigenvalue weighted by Gasteiger charge is 2.09. The third-order valence-electron chi connectivity index (χ3n) is 2.17. The molecule has 0 amide bonds. The molecule has 0 saturated carbocycles. The van der Waals surface area contributed by atoms with Crippen molar-refractivity contribution in [3.63, 3.8) is 0 Å². The first-order valence-electron chi connectivity index (χ1n) is 5.51. The van der Waals surface area contributed by atoms with Gasteiger partial charge in [0.1, 0.15) is 11.8 Å². The molecule has 1 aromatic rings. The largest absolute Gasteiger partial charge is 0.497 e. The molecule has 0 aromatic heterocycles.